The Labute approximate surface area is 242 Å². The monoisotopic (exact) mass is 566 g/mol. The molecule has 216 valence electrons. The van der Waals surface area contributed by atoms with Gasteiger partial charge in [0.05, 0.1) is 24.5 Å². The summed E-state index contributed by atoms with van der Waals surface area (Å²) < 4.78 is 5.74. The van der Waals surface area contributed by atoms with E-state index >= 15 is 0 Å². The Balaban J connectivity index is 2.06. The SMILES string of the molecule is C=CC[C@H](CC(=O)N[C@@H](C)CO)C(=O)N[C@H](COC(=O)[C@@H](CC=C)Cc1ccccc1)CSCc1ccccc1. The van der Waals surface area contributed by atoms with E-state index in [0.29, 0.717) is 25.0 Å². The summed E-state index contributed by atoms with van der Waals surface area (Å²) >= 11 is 1.63. The van der Waals surface area contributed by atoms with Crippen LogP contribution in [0.1, 0.15) is 37.3 Å². The number of aliphatic hydroxyl groups excluding tert-OH is 1. The number of carbonyl (C=O) groups excluding carboxylic acids is 3. The molecule has 0 unspecified atom stereocenters. The van der Waals surface area contributed by atoms with Crippen LogP contribution in [0.5, 0.6) is 0 Å². The molecule has 0 heterocycles. The highest BCUT2D eigenvalue weighted by Crippen LogP contribution is 2.18. The minimum atomic E-state index is -0.632. The average Bonchev–Trinajstić information content (AvgIpc) is 2.96. The molecule has 0 aromatic heterocycles. The number of ether oxygens (including phenoxy) is 1. The van der Waals surface area contributed by atoms with Gasteiger partial charge in [0, 0.05) is 24.0 Å². The topological polar surface area (TPSA) is 105 Å². The molecule has 0 bridgehead atoms. The Morgan fingerprint density at radius 3 is 2.12 bits per heavy atom. The third-order valence-electron chi connectivity index (χ3n) is 6.25. The number of hydrogen-bond donors (Lipinski definition) is 3. The van der Waals surface area contributed by atoms with Crippen molar-refractivity contribution in [2.24, 2.45) is 11.8 Å². The fraction of sp³-hybridized carbons (Fsp3) is 0.406. The van der Waals surface area contributed by atoms with Crippen molar-refractivity contribution in [2.75, 3.05) is 19.0 Å². The number of benzene rings is 2. The van der Waals surface area contributed by atoms with E-state index in [-0.39, 0.29) is 43.3 Å². The van der Waals surface area contributed by atoms with Gasteiger partial charge in [-0.15, -0.1) is 13.2 Å². The Hall–Kier alpha value is -3.36. The zero-order valence-corrected chi connectivity index (χ0v) is 24.1. The standard InChI is InChI=1S/C32H42N2O5S/c1-4-12-27(19-30(36)33-24(3)20-35)31(37)34-29(23-40-22-26-16-10-7-11-17-26)21-39-32(38)28(13-5-2)18-25-14-8-6-9-15-25/h4-11,14-17,24,27-29,35H,1-2,12-13,18-23H2,3H3,(H,33,36)(H,34,37)/t24-,27+,28-,29+/m0/s1. The van der Waals surface area contributed by atoms with Crippen LogP contribution in [0.15, 0.2) is 86.0 Å². The molecule has 0 saturated heterocycles. The maximum atomic E-state index is 13.2. The van der Waals surface area contributed by atoms with Gasteiger partial charge >= 0.3 is 5.97 Å². The molecule has 2 aromatic rings. The van der Waals surface area contributed by atoms with Gasteiger partial charge in [0.2, 0.25) is 11.8 Å². The van der Waals surface area contributed by atoms with Crippen molar-refractivity contribution in [1.29, 1.82) is 0 Å². The van der Waals surface area contributed by atoms with Crippen LogP contribution in [0.25, 0.3) is 0 Å². The number of carbonyl (C=O) groups is 3. The normalized spacial score (nSPS) is 13.8. The van der Waals surface area contributed by atoms with Crippen LogP contribution >= 0.6 is 11.8 Å². The Morgan fingerprint density at radius 1 is 0.925 bits per heavy atom. The Kier molecular flexibility index (Phi) is 15.5. The highest BCUT2D eigenvalue weighted by molar-refractivity contribution is 7.98. The van der Waals surface area contributed by atoms with E-state index in [4.69, 9.17) is 4.74 Å². The molecule has 0 aliphatic heterocycles. The summed E-state index contributed by atoms with van der Waals surface area (Å²) in [6, 6.07) is 18.9. The summed E-state index contributed by atoms with van der Waals surface area (Å²) in [4.78, 5) is 38.7. The van der Waals surface area contributed by atoms with Crippen molar-refractivity contribution in [3.63, 3.8) is 0 Å². The van der Waals surface area contributed by atoms with Gasteiger partial charge in [0.1, 0.15) is 6.61 Å². The lowest BCUT2D eigenvalue weighted by Gasteiger charge is -2.23. The first-order valence-corrected chi connectivity index (χ1v) is 14.8. The molecule has 40 heavy (non-hydrogen) atoms. The average molecular weight is 567 g/mol. The van der Waals surface area contributed by atoms with Gasteiger partial charge in [-0.3, -0.25) is 14.4 Å². The van der Waals surface area contributed by atoms with Crippen molar-refractivity contribution in [3.05, 3.63) is 97.1 Å². The zero-order valence-electron chi connectivity index (χ0n) is 23.3. The van der Waals surface area contributed by atoms with Gasteiger partial charge in [0.15, 0.2) is 0 Å². The lowest BCUT2D eigenvalue weighted by molar-refractivity contribution is -0.149. The lowest BCUT2D eigenvalue weighted by atomic mass is 9.96. The maximum absolute atomic E-state index is 13.2. The number of thioether (sulfide) groups is 1. The maximum Gasteiger partial charge on any atom is 0.309 e. The van der Waals surface area contributed by atoms with Crippen LogP contribution in [-0.2, 0) is 31.3 Å². The first kappa shape index (κ1) is 32.8. The number of hydrogen-bond acceptors (Lipinski definition) is 6. The first-order chi connectivity index (χ1) is 19.4. The molecule has 0 radical (unpaired) electrons. The number of rotatable bonds is 19. The zero-order chi connectivity index (χ0) is 29.2. The van der Waals surface area contributed by atoms with Gasteiger partial charge in [-0.2, -0.15) is 11.8 Å². The smallest absolute Gasteiger partial charge is 0.309 e. The predicted octanol–water partition coefficient (Wildman–Crippen LogP) is 4.46. The molecular formula is C32H42N2O5S. The lowest BCUT2D eigenvalue weighted by Crippen LogP contribution is -2.45. The van der Waals surface area contributed by atoms with Crippen molar-refractivity contribution < 1.29 is 24.2 Å². The largest absolute Gasteiger partial charge is 0.463 e. The number of nitrogens with one attached hydrogen (secondary N) is 2. The van der Waals surface area contributed by atoms with Crippen LogP contribution in [0.2, 0.25) is 0 Å². The summed E-state index contributed by atoms with van der Waals surface area (Å²) in [6.45, 7) is 9.03. The fourth-order valence-corrected chi connectivity index (χ4v) is 5.10. The van der Waals surface area contributed by atoms with Crippen LogP contribution < -0.4 is 10.6 Å². The van der Waals surface area contributed by atoms with Gasteiger partial charge in [-0.1, -0.05) is 72.8 Å². The van der Waals surface area contributed by atoms with Crippen LogP contribution in [-0.4, -0.2) is 53.9 Å². The Morgan fingerprint density at radius 2 is 1.52 bits per heavy atom. The molecule has 0 aliphatic carbocycles. The number of amides is 2. The van der Waals surface area contributed by atoms with E-state index in [1.165, 1.54) is 0 Å². The molecule has 2 aromatic carbocycles. The highest BCUT2D eigenvalue weighted by atomic mass is 32.2. The van der Waals surface area contributed by atoms with Gasteiger partial charge < -0.3 is 20.5 Å². The van der Waals surface area contributed by atoms with E-state index in [1.54, 1.807) is 30.8 Å². The van der Waals surface area contributed by atoms with Crippen molar-refractivity contribution in [3.8, 4) is 0 Å². The fourth-order valence-electron chi connectivity index (χ4n) is 4.09. The van der Waals surface area contributed by atoms with Gasteiger partial charge in [-0.05, 0) is 37.3 Å². The van der Waals surface area contributed by atoms with Crippen molar-refractivity contribution in [1.82, 2.24) is 10.6 Å². The molecule has 0 fully saturated rings. The number of allylic oxidation sites excluding steroid dienone is 2. The predicted molar refractivity (Wildman–Crippen MR) is 162 cm³/mol. The minimum Gasteiger partial charge on any atom is -0.463 e. The van der Waals surface area contributed by atoms with Crippen LogP contribution in [0, 0.1) is 11.8 Å². The third kappa shape index (κ3) is 12.7. The van der Waals surface area contributed by atoms with Gasteiger partial charge in [-0.25, -0.2) is 0 Å². The molecular weight excluding hydrogens is 524 g/mol. The van der Waals surface area contributed by atoms with E-state index < -0.39 is 18.0 Å². The summed E-state index contributed by atoms with van der Waals surface area (Å²) in [5.74, 6) is -0.709. The second kappa shape index (κ2) is 18.8. The van der Waals surface area contributed by atoms with Crippen molar-refractivity contribution in [2.45, 2.75) is 50.4 Å². The van der Waals surface area contributed by atoms with E-state index in [9.17, 15) is 19.5 Å². The third-order valence-corrected chi connectivity index (χ3v) is 7.42. The highest BCUT2D eigenvalue weighted by Gasteiger charge is 2.26. The second-order valence-corrected chi connectivity index (χ2v) is 10.9. The van der Waals surface area contributed by atoms with E-state index in [1.807, 2.05) is 60.7 Å². The van der Waals surface area contributed by atoms with Crippen molar-refractivity contribution >= 4 is 29.5 Å². The number of esters is 1. The molecule has 3 N–H and O–H groups in total. The van der Waals surface area contributed by atoms with E-state index in [0.717, 1.165) is 16.9 Å². The van der Waals surface area contributed by atoms with Gasteiger partial charge in [0.25, 0.3) is 0 Å². The van der Waals surface area contributed by atoms with E-state index in [2.05, 4.69) is 23.8 Å². The molecule has 2 rings (SSSR count). The summed E-state index contributed by atoms with van der Waals surface area (Å²) in [5, 5.41) is 14.9. The molecule has 0 saturated carbocycles. The Bertz CT molecular complexity index is 1060. The van der Waals surface area contributed by atoms with Crippen LogP contribution in [0.3, 0.4) is 0 Å². The summed E-state index contributed by atoms with van der Waals surface area (Å²) in [6.07, 6.45) is 4.62. The second-order valence-electron chi connectivity index (χ2n) is 9.82. The first-order valence-electron chi connectivity index (χ1n) is 13.6. The van der Waals surface area contributed by atoms with Crippen LogP contribution in [0.4, 0.5) is 0 Å². The molecule has 8 heteroatoms. The summed E-state index contributed by atoms with van der Waals surface area (Å²) in [7, 11) is 0. The quantitative estimate of drug-likeness (QED) is 0.171. The molecule has 4 atom stereocenters. The molecule has 7 nitrogen and oxygen atoms in total. The molecule has 0 aliphatic rings. The molecule has 0 spiro atoms. The number of aliphatic hydroxyl groups is 1. The summed E-state index contributed by atoms with van der Waals surface area (Å²) in [5.41, 5.74) is 2.19. The minimum absolute atomic E-state index is 0.0172. The molecule has 2 amide bonds.